The highest BCUT2D eigenvalue weighted by Gasteiger charge is 2.06. The van der Waals surface area contributed by atoms with Gasteiger partial charge in [0.05, 0.1) is 23.3 Å². The zero-order valence-electron chi connectivity index (χ0n) is 7.83. The summed E-state index contributed by atoms with van der Waals surface area (Å²) >= 11 is 5.65. The fourth-order valence-electron chi connectivity index (χ4n) is 0.850. The van der Waals surface area contributed by atoms with Crippen molar-refractivity contribution < 1.29 is 4.79 Å². The number of nitrogens with one attached hydrogen (secondary N) is 1. The third-order valence-corrected chi connectivity index (χ3v) is 1.87. The van der Waals surface area contributed by atoms with Crippen LogP contribution in [-0.4, -0.2) is 16.9 Å². The molecule has 0 aliphatic heterocycles. The maximum atomic E-state index is 11.1. The average Bonchev–Trinajstić information content (AvgIpc) is 2.16. The van der Waals surface area contributed by atoms with E-state index in [-0.39, 0.29) is 5.91 Å². The first kappa shape index (κ1) is 10.9. The van der Waals surface area contributed by atoms with E-state index < -0.39 is 6.04 Å². The van der Waals surface area contributed by atoms with Crippen molar-refractivity contribution in [3.05, 3.63) is 29.0 Å². The second-order valence-electron chi connectivity index (χ2n) is 2.97. The smallest absolute Gasteiger partial charge is 0.236 e. The molecule has 14 heavy (non-hydrogen) atoms. The number of hydrogen-bond donors (Lipinski definition) is 2. The molecule has 0 bridgehead atoms. The number of pyridine rings is 1. The van der Waals surface area contributed by atoms with E-state index in [1.165, 1.54) is 6.20 Å². The van der Waals surface area contributed by atoms with Crippen molar-refractivity contribution >= 4 is 17.5 Å². The van der Waals surface area contributed by atoms with Gasteiger partial charge in [-0.3, -0.25) is 9.78 Å². The van der Waals surface area contributed by atoms with Crippen molar-refractivity contribution in [2.45, 2.75) is 19.5 Å². The van der Waals surface area contributed by atoms with Gasteiger partial charge in [0.2, 0.25) is 5.91 Å². The molecular weight excluding hydrogens is 202 g/mol. The van der Waals surface area contributed by atoms with E-state index in [2.05, 4.69) is 10.3 Å². The summed E-state index contributed by atoms with van der Waals surface area (Å²) in [6.07, 6.45) is 1.54. The van der Waals surface area contributed by atoms with Crippen LogP contribution in [0.1, 0.15) is 12.6 Å². The molecule has 1 unspecified atom stereocenters. The molecule has 0 spiro atoms. The maximum absolute atomic E-state index is 11.1. The zero-order chi connectivity index (χ0) is 10.6. The largest absolute Gasteiger partial charge is 0.349 e. The Bertz CT molecular complexity index is 310. The molecule has 1 aromatic rings. The van der Waals surface area contributed by atoms with Crippen molar-refractivity contribution in [1.82, 2.24) is 10.3 Å². The SMILES string of the molecule is CC(N)C(=O)NCc1ccc(Cl)cn1. The van der Waals surface area contributed by atoms with E-state index in [0.29, 0.717) is 11.6 Å². The van der Waals surface area contributed by atoms with Gasteiger partial charge in [-0.15, -0.1) is 0 Å². The van der Waals surface area contributed by atoms with Crippen LogP contribution >= 0.6 is 11.6 Å². The van der Waals surface area contributed by atoms with Gasteiger partial charge in [-0.05, 0) is 19.1 Å². The highest BCUT2D eigenvalue weighted by atomic mass is 35.5. The molecule has 0 radical (unpaired) electrons. The molecule has 3 N–H and O–H groups in total. The molecule has 1 atom stereocenters. The molecule has 0 fully saturated rings. The van der Waals surface area contributed by atoms with Crippen LogP contribution in [0.2, 0.25) is 5.02 Å². The van der Waals surface area contributed by atoms with Gasteiger partial charge >= 0.3 is 0 Å². The molecule has 1 rings (SSSR count). The lowest BCUT2D eigenvalue weighted by molar-refractivity contribution is -0.122. The number of carbonyl (C=O) groups excluding carboxylic acids is 1. The minimum Gasteiger partial charge on any atom is -0.349 e. The number of nitrogens with two attached hydrogens (primary N) is 1. The Morgan fingerprint density at radius 1 is 1.71 bits per heavy atom. The minimum absolute atomic E-state index is 0.193. The second-order valence-corrected chi connectivity index (χ2v) is 3.41. The van der Waals surface area contributed by atoms with Gasteiger partial charge < -0.3 is 11.1 Å². The summed E-state index contributed by atoms with van der Waals surface area (Å²) in [5.74, 6) is -0.193. The first-order valence-corrected chi connectivity index (χ1v) is 4.61. The predicted octanol–water partition coefficient (Wildman–Crippen LogP) is 0.698. The van der Waals surface area contributed by atoms with Gasteiger partial charge in [-0.2, -0.15) is 0 Å². The maximum Gasteiger partial charge on any atom is 0.236 e. The highest BCUT2D eigenvalue weighted by Crippen LogP contribution is 2.05. The number of aromatic nitrogens is 1. The van der Waals surface area contributed by atoms with E-state index in [4.69, 9.17) is 17.3 Å². The Labute approximate surface area is 87.5 Å². The third kappa shape index (κ3) is 3.32. The fraction of sp³-hybridized carbons (Fsp3) is 0.333. The normalized spacial score (nSPS) is 12.2. The molecule has 0 saturated carbocycles. The summed E-state index contributed by atoms with van der Waals surface area (Å²) in [6, 6.07) is 2.98. The fourth-order valence-corrected chi connectivity index (χ4v) is 0.961. The lowest BCUT2D eigenvalue weighted by atomic mass is 10.3. The zero-order valence-corrected chi connectivity index (χ0v) is 8.58. The van der Waals surface area contributed by atoms with Crippen LogP contribution in [0.4, 0.5) is 0 Å². The Morgan fingerprint density at radius 3 is 2.93 bits per heavy atom. The molecule has 1 heterocycles. The summed E-state index contributed by atoms with van der Waals surface area (Å²) < 4.78 is 0. The topological polar surface area (TPSA) is 68.0 Å². The molecule has 1 aromatic heterocycles. The molecule has 1 amide bonds. The van der Waals surface area contributed by atoms with Gasteiger partial charge in [0.25, 0.3) is 0 Å². The number of amides is 1. The number of rotatable bonds is 3. The lowest BCUT2D eigenvalue weighted by Gasteiger charge is -2.06. The van der Waals surface area contributed by atoms with Crippen LogP contribution < -0.4 is 11.1 Å². The molecule has 5 heteroatoms. The summed E-state index contributed by atoms with van der Waals surface area (Å²) in [4.78, 5) is 15.1. The average molecular weight is 214 g/mol. The van der Waals surface area contributed by atoms with Crippen LogP contribution in [-0.2, 0) is 11.3 Å². The highest BCUT2D eigenvalue weighted by molar-refractivity contribution is 6.30. The molecule has 0 saturated heterocycles. The number of nitrogens with zero attached hydrogens (tertiary/aromatic N) is 1. The van der Waals surface area contributed by atoms with Crippen LogP contribution in [0.3, 0.4) is 0 Å². The van der Waals surface area contributed by atoms with Crippen molar-refractivity contribution in [1.29, 1.82) is 0 Å². The first-order chi connectivity index (χ1) is 6.59. The van der Waals surface area contributed by atoms with Gasteiger partial charge in [0.15, 0.2) is 0 Å². The van der Waals surface area contributed by atoms with Gasteiger partial charge in [0.1, 0.15) is 0 Å². The molecular formula is C9H12ClN3O. The van der Waals surface area contributed by atoms with Crippen LogP contribution in [0.5, 0.6) is 0 Å². The van der Waals surface area contributed by atoms with E-state index in [0.717, 1.165) is 5.69 Å². The molecule has 0 aliphatic carbocycles. The number of hydrogen-bond acceptors (Lipinski definition) is 3. The minimum atomic E-state index is -0.498. The first-order valence-electron chi connectivity index (χ1n) is 4.23. The molecule has 0 aliphatic rings. The predicted molar refractivity (Wildman–Crippen MR) is 54.7 cm³/mol. The van der Waals surface area contributed by atoms with Crippen LogP contribution in [0.25, 0.3) is 0 Å². The van der Waals surface area contributed by atoms with Crippen molar-refractivity contribution in [3.8, 4) is 0 Å². The molecule has 76 valence electrons. The van der Waals surface area contributed by atoms with Crippen molar-refractivity contribution in [2.24, 2.45) is 5.73 Å². The summed E-state index contributed by atoms with van der Waals surface area (Å²) in [7, 11) is 0. The summed E-state index contributed by atoms with van der Waals surface area (Å²) in [5.41, 5.74) is 6.12. The monoisotopic (exact) mass is 213 g/mol. The third-order valence-electron chi connectivity index (χ3n) is 1.65. The van der Waals surface area contributed by atoms with Crippen LogP contribution in [0.15, 0.2) is 18.3 Å². The number of carbonyl (C=O) groups is 1. The summed E-state index contributed by atoms with van der Waals surface area (Å²) in [6.45, 7) is 2.00. The van der Waals surface area contributed by atoms with Gasteiger partial charge in [0, 0.05) is 6.20 Å². The van der Waals surface area contributed by atoms with Gasteiger partial charge in [-0.1, -0.05) is 11.6 Å². The number of halogens is 1. The summed E-state index contributed by atoms with van der Waals surface area (Å²) in [5, 5.41) is 3.22. The Hall–Kier alpha value is -1.13. The lowest BCUT2D eigenvalue weighted by Crippen LogP contribution is -2.37. The quantitative estimate of drug-likeness (QED) is 0.777. The van der Waals surface area contributed by atoms with E-state index in [1.54, 1.807) is 19.1 Å². The van der Waals surface area contributed by atoms with Crippen LogP contribution in [0, 0.1) is 0 Å². The second kappa shape index (κ2) is 4.93. The Kier molecular flexibility index (Phi) is 3.85. The Balaban J connectivity index is 2.46. The standard InChI is InChI=1S/C9H12ClN3O/c1-6(11)9(14)13-5-8-3-2-7(10)4-12-8/h2-4,6H,5,11H2,1H3,(H,13,14). The van der Waals surface area contributed by atoms with E-state index in [1.807, 2.05) is 0 Å². The van der Waals surface area contributed by atoms with Crippen molar-refractivity contribution in [2.75, 3.05) is 0 Å². The molecule has 0 aromatic carbocycles. The van der Waals surface area contributed by atoms with Gasteiger partial charge in [-0.25, -0.2) is 0 Å². The van der Waals surface area contributed by atoms with E-state index in [9.17, 15) is 4.79 Å². The Morgan fingerprint density at radius 2 is 2.43 bits per heavy atom. The van der Waals surface area contributed by atoms with E-state index >= 15 is 0 Å². The molecule has 4 nitrogen and oxygen atoms in total. The van der Waals surface area contributed by atoms with Crippen molar-refractivity contribution in [3.63, 3.8) is 0 Å².